The average molecular weight is 296 g/mol. The number of nitrogens with one attached hydrogen (secondary N) is 1. The first-order chi connectivity index (χ1) is 10.6. The lowest BCUT2D eigenvalue weighted by Crippen LogP contribution is -2.31. The van der Waals surface area contributed by atoms with Crippen LogP contribution in [-0.4, -0.2) is 44.9 Å². The molecule has 112 valence electrons. The van der Waals surface area contributed by atoms with Crippen LogP contribution in [0.1, 0.15) is 22.0 Å². The van der Waals surface area contributed by atoms with Gasteiger partial charge < -0.3 is 10.0 Å². The van der Waals surface area contributed by atoms with E-state index in [1.165, 1.54) is 4.90 Å². The maximum atomic E-state index is 12.4. The summed E-state index contributed by atoms with van der Waals surface area (Å²) < 4.78 is 0. The molecule has 0 saturated heterocycles. The van der Waals surface area contributed by atoms with Crippen LogP contribution in [-0.2, 0) is 0 Å². The van der Waals surface area contributed by atoms with Crippen LogP contribution >= 0.6 is 0 Å². The van der Waals surface area contributed by atoms with Gasteiger partial charge in [-0.05, 0) is 23.8 Å². The first-order valence-electron chi connectivity index (χ1n) is 6.94. The van der Waals surface area contributed by atoms with Gasteiger partial charge in [0.05, 0.1) is 12.6 Å². The summed E-state index contributed by atoms with van der Waals surface area (Å²) in [4.78, 5) is 13.9. The molecule has 0 spiro atoms. The monoisotopic (exact) mass is 296 g/mol. The van der Waals surface area contributed by atoms with Gasteiger partial charge in [-0.3, -0.25) is 4.79 Å². The fraction of sp³-hybridized carbons (Fsp3) is 0.188. The maximum Gasteiger partial charge on any atom is 0.253 e. The van der Waals surface area contributed by atoms with Crippen molar-refractivity contribution in [2.24, 2.45) is 0 Å². The number of nitrogens with zero attached hydrogens (tertiary/aromatic N) is 3. The number of fused-ring (bicyclic) bond motifs is 1. The van der Waals surface area contributed by atoms with Crippen molar-refractivity contribution < 1.29 is 9.90 Å². The summed E-state index contributed by atoms with van der Waals surface area (Å²) in [5, 5.41) is 20.7. The molecule has 2 N–H and O–H groups in total. The van der Waals surface area contributed by atoms with Crippen LogP contribution in [0.5, 0.6) is 0 Å². The fourth-order valence-corrected chi connectivity index (χ4v) is 2.32. The van der Waals surface area contributed by atoms with Crippen LogP contribution in [0.15, 0.2) is 48.5 Å². The summed E-state index contributed by atoms with van der Waals surface area (Å²) in [6.45, 7) is 0.222. The molecule has 1 atom stereocenters. The number of hydrogen-bond donors (Lipinski definition) is 2. The number of aromatic nitrogens is 3. The molecular formula is C16H16N4O2. The van der Waals surface area contributed by atoms with Crippen molar-refractivity contribution >= 4 is 16.9 Å². The van der Waals surface area contributed by atoms with Gasteiger partial charge in [-0.2, -0.15) is 15.4 Å². The number of rotatable bonds is 4. The van der Waals surface area contributed by atoms with Gasteiger partial charge in [-0.1, -0.05) is 30.3 Å². The Bertz CT molecular complexity index is 785. The van der Waals surface area contributed by atoms with E-state index in [1.54, 1.807) is 25.2 Å². The Morgan fingerprint density at radius 1 is 1.18 bits per heavy atom. The number of likely N-dealkylation sites (N-methyl/N-ethyl adjacent to an activating group) is 1. The van der Waals surface area contributed by atoms with E-state index < -0.39 is 6.10 Å². The number of carbonyl (C=O) groups excluding carboxylic acids is 1. The van der Waals surface area contributed by atoms with Crippen molar-refractivity contribution in [2.45, 2.75) is 6.10 Å². The largest absolute Gasteiger partial charge is 0.387 e. The van der Waals surface area contributed by atoms with Crippen molar-refractivity contribution in [3.8, 4) is 0 Å². The van der Waals surface area contributed by atoms with Crippen molar-refractivity contribution in [1.29, 1.82) is 0 Å². The molecule has 1 aromatic heterocycles. The Hall–Kier alpha value is -2.73. The van der Waals surface area contributed by atoms with Gasteiger partial charge in [0.15, 0.2) is 0 Å². The molecule has 3 aromatic rings. The molecule has 6 heteroatoms. The van der Waals surface area contributed by atoms with Gasteiger partial charge in [-0.25, -0.2) is 0 Å². The second-order valence-corrected chi connectivity index (χ2v) is 5.14. The molecule has 1 amide bonds. The highest BCUT2D eigenvalue weighted by Gasteiger charge is 2.17. The third kappa shape index (κ3) is 2.82. The number of aliphatic hydroxyl groups excluding tert-OH is 1. The molecule has 0 aliphatic heterocycles. The summed E-state index contributed by atoms with van der Waals surface area (Å²) >= 11 is 0. The number of hydrogen-bond acceptors (Lipinski definition) is 4. The molecule has 6 nitrogen and oxygen atoms in total. The average Bonchev–Trinajstić information content (AvgIpc) is 3.02. The molecule has 0 radical (unpaired) electrons. The minimum absolute atomic E-state index is 0.167. The topological polar surface area (TPSA) is 82.1 Å². The third-order valence-electron chi connectivity index (χ3n) is 3.54. The molecule has 22 heavy (non-hydrogen) atoms. The summed E-state index contributed by atoms with van der Waals surface area (Å²) in [6, 6.07) is 14.4. The van der Waals surface area contributed by atoms with Gasteiger partial charge in [0.25, 0.3) is 5.91 Å². The normalized spacial score (nSPS) is 12.3. The summed E-state index contributed by atoms with van der Waals surface area (Å²) in [5.74, 6) is -0.167. The standard InChI is InChI=1S/C16H16N4O2/c1-20(10-15(21)11-5-3-2-4-6-11)16(22)12-7-8-13-14(9-12)18-19-17-13/h2-9,15,21H,10H2,1H3,(H,17,18,19)/t15-/m1/s1. The van der Waals surface area contributed by atoms with Gasteiger partial charge in [0, 0.05) is 12.6 Å². The quantitative estimate of drug-likeness (QED) is 0.768. The van der Waals surface area contributed by atoms with E-state index in [0.717, 1.165) is 5.56 Å². The van der Waals surface area contributed by atoms with Gasteiger partial charge in [0.2, 0.25) is 0 Å². The predicted molar refractivity (Wildman–Crippen MR) is 82.3 cm³/mol. The van der Waals surface area contributed by atoms with Crippen LogP contribution < -0.4 is 0 Å². The highest BCUT2D eigenvalue weighted by atomic mass is 16.3. The van der Waals surface area contributed by atoms with E-state index in [-0.39, 0.29) is 12.5 Å². The molecule has 0 fully saturated rings. The molecule has 3 rings (SSSR count). The summed E-state index contributed by atoms with van der Waals surface area (Å²) in [6.07, 6.45) is -0.717. The van der Waals surface area contributed by atoms with E-state index in [1.807, 2.05) is 30.3 Å². The van der Waals surface area contributed by atoms with Crippen molar-refractivity contribution in [3.63, 3.8) is 0 Å². The van der Waals surface area contributed by atoms with Crippen LogP contribution in [0.3, 0.4) is 0 Å². The molecular weight excluding hydrogens is 280 g/mol. The lowest BCUT2D eigenvalue weighted by molar-refractivity contribution is 0.0681. The minimum atomic E-state index is -0.717. The number of amides is 1. The zero-order valence-electron chi connectivity index (χ0n) is 12.1. The molecule has 0 aliphatic carbocycles. The Balaban J connectivity index is 1.73. The number of H-pyrrole nitrogens is 1. The SMILES string of the molecule is CN(C[C@@H](O)c1ccccc1)C(=O)c1ccc2n[nH]nc2c1. The van der Waals surface area contributed by atoms with E-state index in [0.29, 0.717) is 16.6 Å². The highest BCUT2D eigenvalue weighted by molar-refractivity contribution is 5.97. The molecule has 0 aliphatic rings. The van der Waals surface area contributed by atoms with Gasteiger partial charge in [0.1, 0.15) is 11.0 Å². The van der Waals surface area contributed by atoms with Crippen LogP contribution in [0.4, 0.5) is 0 Å². The van der Waals surface area contributed by atoms with E-state index in [2.05, 4.69) is 15.4 Å². The van der Waals surface area contributed by atoms with Gasteiger partial charge in [-0.15, -0.1) is 0 Å². The Kier molecular flexibility index (Phi) is 3.84. The number of aromatic amines is 1. The van der Waals surface area contributed by atoms with E-state index >= 15 is 0 Å². The molecule has 0 unspecified atom stereocenters. The first kappa shape index (κ1) is 14.2. The van der Waals surface area contributed by atoms with Crippen molar-refractivity contribution in [2.75, 3.05) is 13.6 Å². The first-order valence-corrected chi connectivity index (χ1v) is 6.94. The zero-order chi connectivity index (χ0) is 15.5. The predicted octanol–water partition coefficient (Wildman–Crippen LogP) is 1.76. The van der Waals surface area contributed by atoms with Crippen molar-refractivity contribution in [1.82, 2.24) is 20.3 Å². The van der Waals surface area contributed by atoms with E-state index in [9.17, 15) is 9.90 Å². The second kappa shape index (κ2) is 5.95. The van der Waals surface area contributed by atoms with Crippen molar-refractivity contribution in [3.05, 3.63) is 59.7 Å². The minimum Gasteiger partial charge on any atom is -0.387 e. The number of aliphatic hydroxyl groups is 1. The lowest BCUT2D eigenvalue weighted by atomic mass is 10.1. The Morgan fingerprint density at radius 3 is 2.68 bits per heavy atom. The van der Waals surface area contributed by atoms with Crippen LogP contribution in [0, 0.1) is 0 Å². The Morgan fingerprint density at radius 2 is 1.91 bits per heavy atom. The van der Waals surface area contributed by atoms with Gasteiger partial charge >= 0.3 is 0 Å². The fourth-order valence-electron chi connectivity index (χ4n) is 2.32. The smallest absolute Gasteiger partial charge is 0.253 e. The van der Waals surface area contributed by atoms with E-state index in [4.69, 9.17) is 0 Å². The zero-order valence-corrected chi connectivity index (χ0v) is 12.1. The molecule has 0 saturated carbocycles. The summed E-state index contributed by atoms with van der Waals surface area (Å²) in [7, 11) is 1.67. The second-order valence-electron chi connectivity index (χ2n) is 5.14. The highest BCUT2D eigenvalue weighted by Crippen LogP contribution is 2.16. The van der Waals surface area contributed by atoms with Crippen LogP contribution in [0.25, 0.3) is 11.0 Å². The van der Waals surface area contributed by atoms with Crippen LogP contribution in [0.2, 0.25) is 0 Å². The molecule has 1 heterocycles. The maximum absolute atomic E-state index is 12.4. The number of carbonyl (C=O) groups is 1. The number of benzene rings is 2. The Labute approximate surface area is 127 Å². The molecule has 2 aromatic carbocycles. The third-order valence-corrected chi connectivity index (χ3v) is 3.54. The summed E-state index contributed by atoms with van der Waals surface area (Å²) in [5.41, 5.74) is 2.66. The lowest BCUT2D eigenvalue weighted by Gasteiger charge is -2.21. The molecule has 0 bridgehead atoms.